The molecule has 5 rings (SSSR count). The van der Waals surface area contributed by atoms with Crippen LogP contribution in [0, 0.1) is 12.7 Å². The maximum Gasteiger partial charge on any atom is 0.305 e. The number of anilines is 1. The molecule has 3 N–H and O–H groups in total. The molecule has 8 heteroatoms. The number of rotatable bonds is 8. The van der Waals surface area contributed by atoms with Crippen LogP contribution in [0.1, 0.15) is 66.1 Å². The van der Waals surface area contributed by atoms with Gasteiger partial charge in [-0.15, -0.1) is 0 Å². The Bertz CT molecular complexity index is 1460. The van der Waals surface area contributed by atoms with E-state index in [1.165, 1.54) is 43.5 Å². The molecule has 1 amide bonds. The standard InChI is InChI=1S/C30H31FN4O3/c1-19-8-5-6-11-23(19)27-29(32-22-9-3-2-4-10-22)35-17-7-12-24(28(35)34-27)30(38)33-25(18-26(36)37)20-13-15-21(31)16-14-20/h5-8,11-17,22,25,32H,2-4,9-10,18H2,1H3,(H,33,38)(H,36,37). The van der Waals surface area contributed by atoms with E-state index in [1.807, 2.05) is 41.8 Å². The summed E-state index contributed by atoms with van der Waals surface area (Å²) in [6, 6.07) is 16.5. The summed E-state index contributed by atoms with van der Waals surface area (Å²) < 4.78 is 15.4. The first-order chi connectivity index (χ1) is 18.4. The third kappa shape index (κ3) is 5.39. The number of aromatic nitrogens is 2. The van der Waals surface area contributed by atoms with Crippen molar-refractivity contribution in [3.05, 3.63) is 89.4 Å². The molecule has 0 radical (unpaired) electrons. The molecule has 2 heterocycles. The molecule has 0 aliphatic heterocycles. The lowest BCUT2D eigenvalue weighted by Crippen LogP contribution is -2.30. The third-order valence-corrected chi connectivity index (χ3v) is 7.20. The quantitative estimate of drug-likeness (QED) is 0.263. The predicted molar refractivity (Wildman–Crippen MR) is 145 cm³/mol. The van der Waals surface area contributed by atoms with E-state index in [2.05, 4.69) is 10.6 Å². The molecule has 0 saturated heterocycles. The number of benzene rings is 2. The predicted octanol–water partition coefficient (Wildman–Crippen LogP) is 6.14. The molecule has 1 fully saturated rings. The van der Waals surface area contributed by atoms with Crippen molar-refractivity contribution in [3.63, 3.8) is 0 Å². The highest BCUT2D eigenvalue weighted by Crippen LogP contribution is 2.34. The lowest BCUT2D eigenvalue weighted by Gasteiger charge is -2.24. The molecular formula is C30H31FN4O3. The Kier molecular flexibility index (Phi) is 7.40. The highest BCUT2D eigenvalue weighted by atomic mass is 19.1. The third-order valence-electron chi connectivity index (χ3n) is 7.20. The lowest BCUT2D eigenvalue weighted by molar-refractivity contribution is -0.137. The highest BCUT2D eigenvalue weighted by Gasteiger charge is 2.25. The monoisotopic (exact) mass is 514 g/mol. The van der Waals surface area contributed by atoms with Gasteiger partial charge < -0.3 is 15.7 Å². The van der Waals surface area contributed by atoms with E-state index < -0.39 is 23.7 Å². The maximum atomic E-state index is 13.6. The van der Waals surface area contributed by atoms with Gasteiger partial charge in [0.05, 0.1) is 18.0 Å². The summed E-state index contributed by atoms with van der Waals surface area (Å²) in [7, 11) is 0. The topological polar surface area (TPSA) is 95.7 Å². The summed E-state index contributed by atoms with van der Waals surface area (Å²) >= 11 is 0. The van der Waals surface area contributed by atoms with Crippen LogP contribution in [0.3, 0.4) is 0 Å². The average Bonchev–Trinajstić information content (AvgIpc) is 3.27. The number of carbonyl (C=O) groups is 2. The second-order valence-corrected chi connectivity index (χ2v) is 9.89. The first-order valence-electron chi connectivity index (χ1n) is 13.0. The Morgan fingerprint density at radius 3 is 2.50 bits per heavy atom. The van der Waals surface area contributed by atoms with Gasteiger partial charge in [0.2, 0.25) is 0 Å². The number of pyridine rings is 1. The summed E-state index contributed by atoms with van der Waals surface area (Å²) in [4.78, 5) is 30.1. The van der Waals surface area contributed by atoms with Crippen molar-refractivity contribution in [1.82, 2.24) is 14.7 Å². The molecule has 4 aromatic rings. The highest BCUT2D eigenvalue weighted by molar-refractivity contribution is 6.01. The smallest absolute Gasteiger partial charge is 0.305 e. The van der Waals surface area contributed by atoms with Crippen molar-refractivity contribution in [2.75, 3.05) is 5.32 Å². The summed E-state index contributed by atoms with van der Waals surface area (Å²) in [5.41, 5.74) is 4.15. The van der Waals surface area contributed by atoms with Gasteiger partial charge in [0, 0.05) is 17.8 Å². The second-order valence-electron chi connectivity index (χ2n) is 9.89. The zero-order valence-electron chi connectivity index (χ0n) is 21.3. The first-order valence-corrected chi connectivity index (χ1v) is 13.0. The minimum absolute atomic E-state index is 0.322. The Balaban J connectivity index is 1.55. The molecule has 2 aromatic heterocycles. The van der Waals surface area contributed by atoms with Crippen LogP contribution in [0.2, 0.25) is 0 Å². The van der Waals surface area contributed by atoms with Gasteiger partial charge in [0.15, 0.2) is 5.65 Å². The molecule has 7 nitrogen and oxygen atoms in total. The van der Waals surface area contributed by atoms with Gasteiger partial charge in [-0.25, -0.2) is 9.37 Å². The van der Waals surface area contributed by atoms with Gasteiger partial charge in [-0.2, -0.15) is 0 Å². The molecule has 2 aromatic carbocycles. The number of imidazole rings is 1. The minimum atomic E-state index is -1.07. The Hall–Kier alpha value is -4.20. The van der Waals surface area contributed by atoms with E-state index >= 15 is 0 Å². The van der Waals surface area contributed by atoms with Crippen LogP contribution in [-0.4, -0.2) is 32.4 Å². The van der Waals surface area contributed by atoms with Gasteiger partial charge >= 0.3 is 5.97 Å². The number of carboxylic acids is 1. The number of aryl methyl sites for hydroxylation is 1. The van der Waals surface area contributed by atoms with Crippen molar-refractivity contribution in [1.29, 1.82) is 0 Å². The van der Waals surface area contributed by atoms with Crippen LogP contribution in [0.15, 0.2) is 66.9 Å². The van der Waals surface area contributed by atoms with Gasteiger partial charge in [-0.3, -0.25) is 14.0 Å². The molecule has 1 atom stereocenters. The average molecular weight is 515 g/mol. The molecule has 1 aliphatic rings. The van der Waals surface area contributed by atoms with Crippen LogP contribution in [0.5, 0.6) is 0 Å². The fourth-order valence-corrected chi connectivity index (χ4v) is 5.21. The number of carbonyl (C=O) groups excluding carboxylic acids is 1. The summed E-state index contributed by atoms with van der Waals surface area (Å²) in [5.74, 6) is -1.11. The van der Waals surface area contributed by atoms with Crippen LogP contribution < -0.4 is 10.6 Å². The van der Waals surface area contributed by atoms with Crippen LogP contribution in [0.25, 0.3) is 16.9 Å². The Morgan fingerprint density at radius 1 is 1.05 bits per heavy atom. The number of halogens is 1. The van der Waals surface area contributed by atoms with Crippen molar-refractivity contribution >= 4 is 23.3 Å². The number of fused-ring (bicyclic) bond motifs is 1. The molecular weight excluding hydrogens is 483 g/mol. The number of nitrogens with zero attached hydrogens (tertiary/aromatic N) is 2. The maximum absolute atomic E-state index is 13.6. The number of nitrogens with one attached hydrogen (secondary N) is 2. The summed E-state index contributed by atoms with van der Waals surface area (Å²) in [5, 5.41) is 16.0. The normalized spacial score (nSPS) is 14.8. The van der Waals surface area contributed by atoms with Gasteiger partial charge in [-0.05, 0) is 55.2 Å². The number of amides is 1. The van der Waals surface area contributed by atoms with Gasteiger partial charge in [-0.1, -0.05) is 55.7 Å². The zero-order chi connectivity index (χ0) is 26.6. The first kappa shape index (κ1) is 25.4. The molecule has 0 bridgehead atoms. The van der Waals surface area contributed by atoms with E-state index in [1.54, 1.807) is 12.1 Å². The minimum Gasteiger partial charge on any atom is -0.481 e. The fraction of sp³-hybridized carbons (Fsp3) is 0.300. The van der Waals surface area contributed by atoms with Crippen molar-refractivity contribution in [3.8, 4) is 11.3 Å². The number of aliphatic carboxylic acids is 1. The number of carboxylic acid groups (broad SMARTS) is 1. The van der Waals surface area contributed by atoms with Crippen molar-refractivity contribution in [2.45, 2.75) is 57.5 Å². The molecule has 1 aliphatic carbocycles. The molecule has 1 saturated carbocycles. The van der Waals surface area contributed by atoms with E-state index in [0.717, 1.165) is 35.5 Å². The molecule has 0 spiro atoms. The molecule has 38 heavy (non-hydrogen) atoms. The SMILES string of the molecule is Cc1ccccc1-c1nc2c(C(=O)NC(CC(=O)O)c3ccc(F)cc3)cccn2c1NC1CCCCC1. The van der Waals surface area contributed by atoms with Crippen LogP contribution in [-0.2, 0) is 4.79 Å². The Morgan fingerprint density at radius 2 is 1.79 bits per heavy atom. The summed E-state index contributed by atoms with van der Waals surface area (Å²) in [6.45, 7) is 2.04. The van der Waals surface area contributed by atoms with E-state index in [9.17, 15) is 19.1 Å². The van der Waals surface area contributed by atoms with E-state index in [-0.39, 0.29) is 6.42 Å². The van der Waals surface area contributed by atoms with Crippen molar-refractivity contribution in [2.24, 2.45) is 0 Å². The van der Waals surface area contributed by atoms with Gasteiger partial charge in [0.25, 0.3) is 5.91 Å². The number of hydrogen-bond acceptors (Lipinski definition) is 4. The molecule has 1 unspecified atom stereocenters. The largest absolute Gasteiger partial charge is 0.481 e. The fourth-order valence-electron chi connectivity index (χ4n) is 5.21. The van der Waals surface area contributed by atoms with E-state index in [0.29, 0.717) is 22.8 Å². The number of hydrogen-bond donors (Lipinski definition) is 3. The molecule has 196 valence electrons. The van der Waals surface area contributed by atoms with Crippen LogP contribution in [0.4, 0.5) is 10.2 Å². The van der Waals surface area contributed by atoms with Gasteiger partial charge in [0.1, 0.15) is 17.3 Å². The Labute approximate surface area is 220 Å². The lowest BCUT2D eigenvalue weighted by atomic mass is 9.95. The van der Waals surface area contributed by atoms with E-state index in [4.69, 9.17) is 4.98 Å². The van der Waals surface area contributed by atoms with Crippen LogP contribution >= 0.6 is 0 Å². The summed E-state index contributed by atoms with van der Waals surface area (Å²) in [6.07, 6.45) is 7.31. The van der Waals surface area contributed by atoms with Crippen molar-refractivity contribution < 1.29 is 19.1 Å². The zero-order valence-corrected chi connectivity index (χ0v) is 21.3. The second kappa shape index (κ2) is 11.0.